The van der Waals surface area contributed by atoms with Gasteiger partial charge in [-0.25, -0.2) is 0 Å². The smallest absolute Gasteiger partial charge is 0.169 e. The van der Waals surface area contributed by atoms with Gasteiger partial charge in [-0.1, -0.05) is 30.3 Å². The highest BCUT2D eigenvalue weighted by Gasteiger charge is 2.33. The van der Waals surface area contributed by atoms with E-state index in [1.165, 1.54) is 12.8 Å². The molecule has 1 heterocycles. The number of fused-ring (bicyclic) bond motifs is 1. The number of allylic oxidation sites excluding steroid dienone is 4. The van der Waals surface area contributed by atoms with E-state index in [1.54, 1.807) is 7.11 Å². The van der Waals surface area contributed by atoms with Crippen LogP contribution in [0.1, 0.15) is 24.8 Å². The van der Waals surface area contributed by atoms with Crippen molar-refractivity contribution in [3.63, 3.8) is 0 Å². The Morgan fingerprint density at radius 1 is 1.30 bits per heavy atom. The molecule has 2 aliphatic carbocycles. The van der Waals surface area contributed by atoms with Crippen molar-refractivity contribution in [1.29, 1.82) is 5.26 Å². The van der Waals surface area contributed by atoms with Gasteiger partial charge in [0.15, 0.2) is 5.78 Å². The van der Waals surface area contributed by atoms with Crippen molar-refractivity contribution in [3.8, 4) is 6.07 Å². The topological polar surface area (TPSA) is 65.4 Å². The van der Waals surface area contributed by atoms with Crippen LogP contribution in [0, 0.1) is 11.3 Å². The predicted molar refractivity (Wildman–Crippen MR) is 103 cm³/mol. The van der Waals surface area contributed by atoms with Crippen molar-refractivity contribution in [2.75, 3.05) is 20.2 Å². The standard InChI is InChI=1S/C22H23N3O2/c1-27-21-12-18-16(11-20(21)26)14-25(10-9-24-17-7-8-17)19(13-23)22(18)15-5-3-2-4-6-15/h2-6,12,14,17,21,24H,7-11H2,1H3. The summed E-state index contributed by atoms with van der Waals surface area (Å²) in [6.07, 6.45) is 6.06. The fraction of sp³-hybridized carbons (Fsp3) is 0.364. The van der Waals surface area contributed by atoms with Crippen LogP contribution in [-0.2, 0) is 9.53 Å². The Kier molecular flexibility index (Phi) is 4.93. The summed E-state index contributed by atoms with van der Waals surface area (Å²) in [5.74, 6) is 0.0522. The van der Waals surface area contributed by atoms with Gasteiger partial charge < -0.3 is 15.0 Å². The number of ether oxygens (including phenoxy) is 1. The van der Waals surface area contributed by atoms with Crippen LogP contribution in [0.25, 0.3) is 5.57 Å². The maximum absolute atomic E-state index is 12.4. The van der Waals surface area contributed by atoms with E-state index in [2.05, 4.69) is 11.4 Å². The second kappa shape index (κ2) is 7.51. The first-order valence-electron chi connectivity index (χ1n) is 9.40. The van der Waals surface area contributed by atoms with Crippen molar-refractivity contribution >= 4 is 11.4 Å². The second-order valence-corrected chi connectivity index (χ2v) is 7.16. The molecule has 4 rings (SSSR count). The van der Waals surface area contributed by atoms with Crippen molar-refractivity contribution in [1.82, 2.24) is 10.2 Å². The van der Waals surface area contributed by atoms with Gasteiger partial charge in [-0.15, -0.1) is 0 Å². The van der Waals surface area contributed by atoms with E-state index in [0.29, 0.717) is 24.7 Å². The lowest BCUT2D eigenvalue weighted by Gasteiger charge is -2.33. The van der Waals surface area contributed by atoms with Crippen LogP contribution in [0.2, 0.25) is 0 Å². The normalized spacial score (nSPS) is 22.1. The van der Waals surface area contributed by atoms with Crippen molar-refractivity contribution in [2.24, 2.45) is 0 Å². The molecule has 0 saturated heterocycles. The molecule has 27 heavy (non-hydrogen) atoms. The molecular formula is C22H23N3O2. The third kappa shape index (κ3) is 3.59. The minimum absolute atomic E-state index is 0.0522. The molecule has 5 nitrogen and oxygen atoms in total. The van der Waals surface area contributed by atoms with Crippen LogP contribution in [0.15, 0.2) is 59.5 Å². The molecule has 1 aliphatic heterocycles. The van der Waals surface area contributed by atoms with E-state index in [4.69, 9.17) is 4.74 Å². The van der Waals surface area contributed by atoms with Gasteiger partial charge in [0.2, 0.25) is 0 Å². The molecule has 1 aromatic carbocycles. The predicted octanol–water partition coefficient (Wildman–Crippen LogP) is 2.79. The Bertz CT molecular complexity index is 873. The number of ketones is 1. The number of hydrogen-bond acceptors (Lipinski definition) is 5. The molecule has 0 aromatic heterocycles. The largest absolute Gasteiger partial charge is 0.370 e. The third-order valence-corrected chi connectivity index (χ3v) is 5.24. The summed E-state index contributed by atoms with van der Waals surface area (Å²) in [5.41, 5.74) is 4.39. The summed E-state index contributed by atoms with van der Waals surface area (Å²) in [5, 5.41) is 13.5. The summed E-state index contributed by atoms with van der Waals surface area (Å²) in [4.78, 5) is 14.4. The number of hydrogen-bond donors (Lipinski definition) is 1. The van der Waals surface area contributed by atoms with E-state index in [1.807, 2.05) is 47.5 Å². The number of carbonyl (C=O) groups is 1. The number of nitriles is 1. The molecular weight excluding hydrogens is 338 g/mol. The van der Waals surface area contributed by atoms with Gasteiger partial charge in [-0.3, -0.25) is 4.79 Å². The lowest BCUT2D eigenvalue weighted by molar-refractivity contribution is -0.125. The van der Waals surface area contributed by atoms with Gasteiger partial charge in [0, 0.05) is 44.4 Å². The van der Waals surface area contributed by atoms with E-state index in [0.717, 1.165) is 28.8 Å². The Labute approximate surface area is 159 Å². The van der Waals surface area contributed by atoms with Gasteiger partial charge in [0.25, 0.3) is 0 Å². The zero-order chi connectivity index (χ0) is 18.8. The maximum atomic E-state index is 12.4. The van der Waals surface area contributed by atoms with Crippen LogP contribution < -0.4 is 5.32 Å². The molecule has 0 radical (unpaired) electrons. The summed E-state index contributed by atoms with van der Waals surface area (Å²) >= 11 is 0. The fourth-order valence-corrected chi connectivity index (χ4v) is 3.69. The summed E-state index contributed by atoms with van der Waals surface area (Å²) in [6, 6.07) is 12.9. The molecule has 1 N–H and O–H groups in total. The van der Waals surface area contributed by atoms with Crippen LogP contribution in [-0.4, -0.2) is 43.0 Å². The highest BCUT2D eigenvalue weighted by Crippen LogP contribution is 2.41. The van der Waals surface area contributed by atoms with Gasteiger partial charge in [0.05, 0.1) is 0 Å². The van der Waals surface area contributed by atoms with Crippen molar-refractivity contribution < 1.29 is 9.53 Å². The Morgan fingerprint density at radius 2 is 2.07 bits per heavy atom. The number of carbonyl (C=O) groups excluding carboxylic acids is 1. The lowest BCUT2D eigenvalue weighted by Crippen LogP contribution is -2.34. The summed E-state index contributed by atoms with van der Waals surface area (Å²) in [7, 11) is 1.55. The fourth-order valence-electron chi connectivity index (χ4n) is 3.69. The van der Waals surface area contributed by atoms with Crippen LogP contribution >= 0.6 is 0 Å². The van der Waals surface area contributed by atoms with Crippen LogP contribution in [0.5, 0.6) is 0 Å². The van der Waals surface area contributed by atoms with Crippen molar-refractivity contribution in [2.45, 2.75) is 31.4 Å². The molecule has 0 spiro atoms. The molecule has 5 heteroatoms. The zero-order valence-corrected chi connectivity index (χ0v) is 15.4. The second-order valence-electron chi connectivity index (χ2n) is 7.16. The quantitative estimate of drug-likeness (QED) is 0.844. The van der Waals surface area contributed by atoms with E-state index in [9.17, 15) is 10.1 Å². The first-order chi connectivity index (χ1) is 13.2. The molecule has 1 atom stereocenters. The number of methoxy groups -OCH3 is 1. The number of nitrogens with one attached hydrogen (secondary N) is 1. The number of Topliss-reactive ketones (excluding diaryl/α,β-unsaturated/α-hetero) is 1. The summed E-state index contributed by atoms with van der Waals surface area (Å²) in [6.45, 7) is 1.52. The SMILES string of the molecule is COC1C=C2C(=CN(CCNC3CC3)C(C#N)=C2c2ccccc2)CC1=O. The Hall–Kier alpha value is -2.68. The number of benzene rings is 1. The monoisotopic (exact) mass is 361 g/mol. The Balaban J connectivity index is 1.75. The van der Waals surface area contributed by atoms with Gasteiger partial charge in [0.1, 0.15) is 17.9 Å². The Morgan fingerprint density at radius 3 is 2.74 bits per heavy atom. The number of nitrogens with zero attached hydrogens (tertiary/aromatic N) is 2. The molecule has 1 unspecified atom stereocenters. The molecule has 1 fully saturated rings. The van der Waals surface area contributed by atoms with Gasteiger partial charge in [-0.05, 0) is 35.6 Å². The molecule has 0 bridgehead atoms. The maximum Gasteiger partial charge on any atom is 0.169 e. The zero-order valence-electron chi connectivity index (χ0n) is 15.4. The van der Waals surface area contributed by atoms with E-state index < -0.39 is 6.10 Å². The van der Waals surface area contributed by atoms with Gasteiger partial charge >= 0.3 is 0 Å². The summed E-state index contributed by atoms with van der Waals surface area (Å²) < 4.78 is 5.35. The minimum atomic E-state index is -0.557. The highest BCUT2D eigenvalue weighted by atomic mass is 16.5. The molecule has 1 saturated carbocycles. The van der Waals surface area contributed by atoms with Crippen molar-refractivity contribution in [3.05, 3.63) is 65.0 Å². The molecule has 3 aliphatic rings. The van der Waals surface area contributed by atoms with Gasteiger partial charge in [-0.2, -0.15) is 5.26 Å². The molecule has 1 aromatic rings. The van der Waals surface area contributed by atoms with E-state index in [-0.39, 0.29) is 5.78 Å². The van der Waals surface area contributed by atoms with Crippen LogP contribution in [0.4, 0.5) is 0 Å². The first-order valence-corrected chi connectivity index (χ1v) is 9.40. The molecule has 0 amide bonds. The first kappa shape index (κ1) is 17.7. The lowest BCUT2D eigenvalue weighted by atomic mass is 9.81. The highest BCUT2D eigenvalue weighted by molar-refractivity contribution is 5.98. The average molecular weight is 361 g/mol. The average Bonchev–Trinajstić information content (AvgIpc) is 3.51. The third-order valence-electron chi connectivity index (χ3n) is 5.24. The van der Waals surface area contributed by atoms with E-state index >= 15 is 0 Å². The molecule has 138 valence electrons. The number of rotatable bonds is 6. The van der Waals surface area contributed by atoms with Crippen LogP contribution in [0.3, 0.4) is 0 Å². The minimum Gasteiger partial charge on any atom is -0.370 e.